The number of methoxy groups -OCH3 is 1. The van der Waals surface area contributed by atoms with Crippen molar-refractivity contribution >= 4 is 6.08 Å². The van der Waals surface area contributed by atoms with Gasteiger partial charge in [0.2, 0.25) is 5.88 Å². The zero-order valence-electron chi connectivity index (χ0n) is 13.9. The molecule has 24 heavy (non-hydrogen) atoms. The van der Waals surface area contributed by atoms with Crippen molar-refractivity contribution in [3.63, 3.8) is 0 Å². The molecule has 0 unspecified atom stereocenters. The van der Waals surface area contributed by atoms with Crippen LogP contribution in [0.2, 0.25) is 0 Å². The van der Waals surface area contributed by atoms with E-state index in [1.165, 1.54) is 21.2 Å². The summed E-state index contributed by atoms with van der Waals surface area (Å²) in [4.78, 5) is 24.1. The van der Waals surface area contributed by atoms with Crippen molar-refractivity contribution in [3.8, 4) is 23.4 Å². The normalized spacial score (nSPS) is 10.6. The summed E-state index contributed by atoms with van der Waals surface area (Å²) in [5, 5.41) is 9.26. The summed E-state index contributed by atoms with van der Waals surface area (Å²) in [5.41, 5.74) is -0.641. The number of nitrogens with zero attached hydrogens (tertiary/aromatic N) is 3. The van der Waals surface area contributed by atoms with Gasteiger partial charge in [-0.1, -0.05) is 18.2 Å². The predicted octanol–water partition coefficient (Wildman–Crippen LogP) is 1.79. The van der Waals surface area contributed by atoms with Crippen LogP contribution in [-0.2, 0) is 14.1 Å². The van der Waals surface area contributed by atoms with E-state index in [0.29, 0.717) is 11.5 Å². The Kier molecular flexibility index (Phi) is 4.90. The molecule has 0 fully saturated rings. The van der Waals surface area contributed by atoms with E-state index >= 15 is 0 Å². The van der Waals surface area contributed by atoms with E-state index < -0.39 is 11.2 Å². The lowest BCUT2D eigenvalue weighted by Crippen LogP contribution is -2.38. The van der Waals surface area contributed by atoms with Crippen LogP contribution in [0.3, 0.4) is 0 Å². The molecule has 0 bridgehead atoms. The van der Waals surface area contributed by atoms with Crippen LogP contribution in [0.25, 0.3) is 6.08 Å². The molecule has 2 rings (SSSR count). The van der Waals surface area contributed by atoms with Gasteiger partial charge in [-0.2, -0.15) is 5.26 Å². The van der Waals surface area contributed by atoms with Crippen LogP contribution < -0.4 is 20.7 Å². The molecule has 0 aliphatic heterocycles. The Balaban J connectivity index is 2.63. The smallest absolute Gasteiger partial charge is 0.333 e. The lowest BCUT2D eigenvalue weighted by Gasteiger charge is -2.15. The van der Waals surface area contributed by atoms with Crippen LogP contribution in [0.1, 0.15) is 18.1 Å². The zero-order chi connectivity index (χ0) is 17.9. The number of nitriles is 1. The molecule has 0 amide bonds. The average Bonchev–Trinajstić information content (AvgIpc) is 2.59. The molecule has 0 saturated carbocycles. The molecule has 1 aromatic heterocycles. The summed E-state index contributed by atoms with van der Waals surface area (Å²) in [6, 6.07) is 6.99. The van der Waals surface area contributed by atoms with Gasteiger partial charge in [-0.25, -0.2) is 4.79 Å². The van der Waals surface area contributed by atoms with E-state index in [0.717, 1.165) is 14.7 Å². The second-order valence-corrected chi connectivity index (χ2v) is 5.01. The Bertz CT molecular complexity index is 962. The minimum absolute atomic E-state index is 0.123. The van der Waals surface area contributed by atoms with Gasteiger partial charge in [-0.15, -0.1) is 0 Å². The molecule has 0 atom stereocenters. The first-order valence-corrected chi connectivity index (χ1v) is 7.13. The van der Waals surface area contributed by atoms with Gasteiger partial charge in [0.25, 0.3) is 5.56 Å². The van der Waals surface area contributed by atoms with Crippen LogP contribution in [-0.4, -0.2) is 16.2 Å². The number of hydrogen-bond acceptors (Lipinski definition) is 5. The first-order valence-electron chi connectivity index (χ1n) is 7.13. The average molecular weight is 327 g/mol. The summed E-state index contributed by atoms with van der Waals surface area (Å²) in [6.07, 6.45) is 3.77. The molecule has 2 aromatic rings. The highest BCUT2D eigenvalue weighted by Crippen LogP contribution is 2.32. The van der Waals surface area contributed by atoms with Crippen LogP contribution in [0.15, 0.2) is 33.9 Å². The fourth-order valence-corrected chi connectivity index (χ4v) is 2.21. The Labute approximate surface area is 138 Å². The Morgan fingerprint density at radius 3 is 2.46 bits per heavy atom. The number of allylic oxidation sites excluding steroid dienone is 1. The molecule has 0 radical (unpaired) electrons. The van der Waals surface area contributed by atoms with Crippen molar-refractivity contribution in [2.75, 3.05) is 7.11 Å². The molecule has 7 nitrogen and oxygen atoms in total. The van der Waals surface area contributed by atoms with E-state index in [2.05, 4.69) is 0 Å². The third-order valence-electron chi connectivity index (χ3n) is 3.48. The van der Waals surface area contributed by atoms with E-state index in [1.54, 1.807) is 24.3 Å². The molecule has 124 valence electrons. The minimum atomic E-state index is -0.708. The number of ether oxygens (including phenoxy) is 2. The lowest BCUT2D eigenvalue weighted by molar-refractivity contribution is 0.362. The fourth-order valence-electron chi connectivity index (χ4n) is 2.21. The van der Waals surface area contributed by atoms with Gasteiger partial charge in [0.15, 0.2) is 17.1 Å². The van der Waals surface area contributed by atoms with Gasteiger partial charge in [0, 0.05) is 14.1 Å². The minimum Gasteiger partial charge on any atom is -0.493 e. The van der Waals surface area contributed by atoms with Crippen molar-refractivity contribution in [3.05, 3.63) is 56.2 Å². The summed E-state index contributed by atoms with van der Waals surface area (Å²) in [6.45, 7) is 1.89. The Morgan fingerprint density at radius 2 is 1.88 bits per heavy atom. The summed E-state index contributed by atoms with van der Waals surface area (Å²) >= 11 is 0. The molecular formula is C17H17N3O4. The topological polar surface area (TPSA) is 86.3 Å². The van der Waals surface area contributed by atoms with Crippen LogP contribution in [0.5, 0.6) is 17.4 Å². The fraction of sp³-hybridized carbons (Fsp3) is 0.235. The molecule has 1 aromatic carbocycles. The second-order valence-electron chi connectivity index (χ2n) is 5.01. The van der Waals surface area contributed by atoms with E-state index in [9.17, 15) is 14.9 Å². The first-order chi connectivity index (χ1) is 11.4. The molecule has 0 spiro atoms. The summed E-state index contributed by atoms with van der Waals surface area (Å²) in [7, 11) is 4.22. The SMILES string of the molecule is C/C=C/c1ccc(Oc2c(C#N)c(=O)n(C)c(=O)n2C)c(OC)c1. The van der Waals surface area contributed by atoms with E-state index in [4.69, 9.17) is 9.47 Å². The maximum atomic E-state index is 12.1. The largest absolute Gasteiger partial charge is 0.493 e. The number of hydrogen-bond donors (Lipinski definition) is 0. The van der Waals surface area contributed by atoms with Crippen LogP contribution in [0.4, 0.5) is 0 Å². The summed E-state index contributed by atoms with van der Waals surface area (Å²) in [5.74, 6) is 0.593. The van der Waals surface area contributed by atoms with Crippen LogP contribution in [0, 0.1) is 11.3 Å². The van der Waals surface area contributed by atoms with Crippen molar-refractivity contribution < 1.29 is 9.47 Å². The quantitative estimate of drug-likeness (QED) is 0.854. The standard InChI is InChI=1S/C17H17N3O4/c1-5-6-11-7-8-13(14(9-11)23-4)24-16-12(10-18)15(21)19(2)17(22)20(16)3/h5-9H,1-4H3/b6-5+. The third-order valence-corrected chi connectivity index (χ3v) is 3.48. The van der Waals surface area contributed by atoms with E-state index in [1.807, 2.05) is 19.1 Å². The molecule has 1 heterocycles. The van der Waals surface area contributed by atoms with Gasteiger partial charge in [0.1, 0.15) is 6.07 Å². The highest BCUT2D eigenvalue weighted by Gasteiger charge is 2.19. The highest BCUT2D eigenvalue weighted by molar-refractivity contribution is 5.56. The molecular weight excluding hydrogens is 310 g/mol. The van der Waals surface area contributed by atoms with Gasteiger partial charge < -0.3 is 9.47 Å². The van der Waals surface area contributed by atoms with Crippen molar-refractivity contribution in [2.24, 2.45) is 14.1 Å². The number of rotatable bonds is 4. The monoisotopic (exact) mass is 327 g/mol. The second kappa shape index (κ2) is 6.87. The van der Waals surface area contributed by atoms with Crippen molar-refractivity contribution in [2.45, 2.75) is 6.92 Å². The van der Waals surface area contributed by atoms with E-state index in [-0.39, 0.29) is 11.4 Å². The Hall–Kier alpha value is -3.27. The molecule has 7 heteroatoms. The maximum absolute atomic E-state index is 12.1. The Morgan fingerprint density at radius 1 is 1.17 bits per heavy atom. The third kappa shape index (κ3) is 2.94. The van der Waals surface area contributed by atoms with Crippen molar-refractivity contribution in [1.82, 2.24) is 9.13 Å². The molecule has 0 aliphatic carbocycles. The predicted molar refractivity (Wildman–Crippen MR) is 89.4 cm³/mol. The maximum Gasteiger partial charge on any atom is 0.333 e. The highest BCUT2D eigenvalue weighted by atomic mass is 16.5. The van der Waals surface area contributed by atoms with Gasteiger partial charge in [-0.3, -0.25) is 13.9 Å². The number of benzene rings is 1. The molecule has 0 saturated heterocycles. The number of aromatic nitrogens is 2. The van der Waals surface area contributed by atoms with Gasteiger partial charge >= 0.3 is 5.69 Å². The molecule has 0 aliphatic rings. The first kappa shape index (κ1) is 17.1. The van der Waals surface area contributed by atoms with Crippen LogP contribution >= 0.6 is 0 Å². The van der Waals surface area contributed by atoms with Gasteiger partial charge in [0.05, 0.1) is 7.11 Å². The lowest BCUT2D eigenvalue weighted by atomic mass is 10.2. The van der Waals surface area contributed by atoms with Gasteiger partial charge in [-0.05, 0) is 24.6 Å². The molecule has 0 N–H and O–H groups in total. The zero-order valence-corrected chi connectivity index (χ0v) is 13.9. The summed E-state index contributed by atoms with van der Waals surface area (Å²) < 4.78 is 12.9. The van der Waals surface area contributed by atoms with Crippen molar-refractivity contribution in [1.29, 1.82) is 5.26 Å².